The highest BCUT2D eigenvalue weighted by molar-refractivity contribution is 7.09. The first-order valence-corrected chi connectivity index (χ1v) is 8.23. The topological polar surface area (TPSA) is 41.6 Å². The van der Waals surface area contributed by atoms with Crippen LogP contribution in [0.5, 0.6) is 0 Å². The van der Waals surface area contributed by atoms with Crippen molar-refractivity contribution in [2.24, 2.45) is 5.92 Å². The smallest absolute Gasteiger partial charge is 0.317 e. The number of thiophene rings is 1. The lowest BCUT2D eigenvalue weighted by Crippen LogP contribution is -2.52. The third-order valence-corrected chi connectivity index (χ3v) is 4.59. The Balaban J connectivity index is 1.76. The van der Waals surface area contributed by atoms with E-state index in [-0.39, 0.29) is 12.1 Å². The molecule has 1 aliphatic rings. The third-order valence-electron chi connectivity index (χ3n) is 3.69. The van der Waals surface area contributed by atoms with E-state index in [1.807, 2.05) is 4.90 Å². The first-order chi connectivity index (χ1) is 9.70. The van der Waals surface area contributed by atoms with Crippen molar-refractivity contribution >= 4 is 17.4 Å². The van der Waals surface area contributed by atoms with Crippen molar-refractivity contribution in [1.29, 1.82) is 0 Å². The summed E-state index contributed by atoms with van der Waals surface area (Å²) in [5.74, 6) is 0.457. The van der Waals surface area contributed by atoms with Crippen LogP contribution in [0.1, 0.15) is 25.1 Å². The van der Waals surface area contributed by atoms with Crippen molar-refractivity contribution in [1.82, 2.24) is 10.2 Å². The number of morpholine rings is 1. The Morgan fingerprint density at radius 2 is 2.50 bits per heavy atom. The molecule has 20 heavy (non-hydrogen) atoms. The van der Waals surface area contributed by atoms with E-state index in [1.165, 1.54) is 4.88 Å². The average molecular weight is 296 g/mol. The molecule has 5 heteroatoms. The van der Waals surface area contributed by atoms with E-state index in [4.69, 9.17) is 4.74 Å². The average Bonchev–Trinajstić information content (AvgIpc) is 2.97. The molecule has 2 amide bonds. The molecule has 4 nitrogen and oxygen atoms in total. The van der Waals surface area contributed by atoms with E-state index in [0.29, 0.717) is 25.7 Å². The van der Waals surface area contributed by atoms with Gasteiger partial charge in [-0.2, -0.15) is 0 Å². The molecule has 0 aliphatic carbocycles. The maximum absolute atomic E-state index is 12.2. The SMILES string of the molecule is CC[C@H]1COCCN1C(=O)NC[C@H](C)Cc1cccs1. The summed E-state index contributed by atoms with van der Waals surface area (Å²) in [4.78, 5) is 15.5. The van der Waals surface area contributed by atoms with Gasteiger partial charge in [0.25, 0.3) is 0 Å². The van der Waals surface area contributed by atoms with Crippen LogP contribution in [0.25, 0.3) is 0 Å². The van der Waals surface area contributed by atoms with Gasteiger partial charge in [-0.1, -0.05) is 19.9 Å². The van der Waals surface area contributed by atoms with Gasteiger partial charge < -0.3 is 15.0 Å². The Bertz CT molecular complexity index is 408. The summed E-state index contributed by atoms with van der Waals surface area (Å²) in [5, 5.41) is 5.16. The maximum atomic E-state index is 12.2. The Hall–Kier alpha value is -1.07. The lowest BCUT2D eigenvalue weighted by Gasteiger charge is -2.35. The molecule has 0 saturated carbocycles. The lowest BCUT2D eigenvalue weighted by molar-refractivity contribution is 0.0112. The molecule has 1 aromatic heterocycles. The van der Waals surface area contributed by atoms with Gasteiger partial charge in [0.2, 0.25) is 0 Å². The van der Waals surface area contributed by atoms with E-state index in [0.717, 1.165) is 19.4 Å². The second-order valence-electron chi connectivity index (χ2n) is 5.41. The van der Waals surface area contributed by atoms with Gasteiger partial charge in [0.05, 0.1) is 19.3 Å². The number of carbonyl (C=O) groups excluding carboxylic acids is 1. The van der Waals surface area contributed by atoms with Crippen LogP contribution in [-0.4, -0.2) is 43.3 Å². The minimum absolute atomic E-state index is 0.0539. The molecule has 0 bridgehead atoms. The van der Waals surface area contributed by atoms with Crippen LogP contribution in [0, 0.1) is 5.92 Å². The van der Waals surface area contributed by atoms with Gasteiger partial charge in [0.1, 0.15) is 0 Å². The fourth-order valence-electron chi connectivity index (χ4n) is 2.47. The van der Waals surface area contributed by atoms with Crippen molar-refractivity contribution in [3.8, 4) is 0 Å². The van der Waals surface area contributed by atoms with Crippen molar-refractivity contribution in [2.75, 3.05) is 26.3 Å². The molecule has 2 heterocycles. The molecule has 0 spiro atoms. The predicted molar refractivity (Wildman–Crippen MR) is 82.2 cm³/mol. The largest absolute Gasteiger partial charge is 0.377 e. The van der Waals surface area contributed by atoms with Crippen molar-refractivity contribution in [2.45, 2.75) is 32.7 Å². The molecule has 0 unspecified atom stereocenters. The quantitative estimate of drug-likeness (QED) is 0.908. The van der Waals surface area contributed by atoms with Gasteiger partial charge in [-0.3, -0.25) is 0 Å². The van der Waals surface area contributed by atoms with Crippen molar-refractivity contribution < 1.29 is 9.53 Å². The second kappa shape index (κ2) is 7.64. The number of carbonyl (C=O) groups is 1. The monoisotopic (exact) mass is 296 g/mol. The van der Waals surface area contributed by atoms with Crippen LogP contribution in [0.3, 0.4) is 0 Å². The molecule has 1 saturated heterocycles. The highest BCUT2D eigenvalue weighted by atomic mass is 32.1. The second-order valence-corrected chi connectivity index (χ2v) is 6.44. The van der Waals surface area contributed by atoms with Gasteiger partial charge in [-0.25, -0.2) is 4.79 Å². The first-order valence-electron chi connectivity index (χ1n) is 7.35. The number of ether oxygens (including phenoxy) is 1. The minimum Gasteiger partial charge on any atom is -0.377 e. The minimum atomic E-state index is 0.0539. The molecular weight excluding hydrogens is 272 g/mol. The number of nitrogens with zero attached hydrogens (tertiary/aromatic N) is 1. The van der Waals surface area contributed by atoms with Crippen LogP contribution >= 0.6 is 11.3 Å². The maximum Gasteiger partial charge on any atom is 0.317 e. The molecule has 0 aromatic carbocycles. The zero-order chi connectivity index (χ0) is 14.4. The number of hydrogen-bond donors (Lipinski definition) is 1. The normalized spacial score (nSPS) is 20.7. The van der Waals surface area contributed by atoms with Gasteiger partial charge in [-0.15, -0.1) is 11.3 Å². The molecule has 1 N–H and O–H groups in total. The molecule has 1 aromatic rings. The molecule has 1 fully saturated rings. The van der Waals surface area contributed by atoms with Gasteiger partial charge in [0, 0.05) is 18.0 Å². The predicted octanol–water partition coefficient (Wildman–Crippen LogP) is 2.75. The van der Waals surface area contributed by atoms with Gasteiger partial charge >= 0.3 is 6.03 Å². The lowest BCUT2D eigenvalue weighted by atomic mass is 10.1. The number of nitrogens with one attached hydrogen (secondary N) is 1. The van der Waals surface area contributed by atoms with E-state index < -0.39 is 0 Å². The highest BCUT2D eigenvalue weighted by Gasteiger charge is 2.25. The summed E-state index contributed by atoms with van der Waals surface area (Å²) in [6, 6.07) is 4.50. The van der Waals surface area contributed by atoms with Gasteiger partial charge in [-0.05, 0) is 30.2 Å². The molecule has 0 radical (unpaired) electrons. The van der Waals surface area contributed by atoms with Crippen molar-refractivity contribution in [3.05, 3.63) is 22.4 Å². The van der Waals surface area contributed by atoms with Crippen LogP contribution in [0.2, 0.25) is 0 Å². The summed E-state index contributed by atoms with van der Waals surface area (Å²) in [6.45, 7) is 7.01. The highest BCUT2D eigenvalue weighted by Crippen LogP contribution is 2.14. The van der Waals surface area contributed by atoms with Crippen LogP contribution in [0.4, 0.5) is 4.79 Å². The summed E-state index contributed by atoms with van der Waals surface area (Å²) < 4.78 is 5.43. The van der Waals surface area contributed by atoms with E-state index in [1.54, 1.807) is 11.3 Å². The summed E-state index contributed by atoms with van der Waals surface area (Å²) >= 11 is 1.78. The Morgan fingerprint density at radius 3 is 3.20 bits per heavy atom. The van der Waals surface area contributed by atoms with E-state index >= 15 is 0 Å². The molecule has 112 valence electrons. The standard InChI is InChI=1S/C15H24N2O2S/c1-3-13-11-19-7-6-17(13)15(18)16-10-12(2)9-14-5-4-8-20-14/h4-5,8,12-13H,3,6-7,9-11H2,1-2H3,(H,16,18)/t12-,13+/m1/s1. The zero-order valence-electron chi connectivity index (χ0n) is 12.3. The zero-order valence-corrected chi connectivity index (χ0v) is 13.1. The first kappa shape index (κ1) is 15.3. The Labute approximate surface area is 125 Å². The number of hydrogen-bond acceptors (Lipinski definition) is 3. The Morgan fingerprint density at radius 1 is 1.65 bits per heavy atom. The number of rotatable bonds is 5. The Kier molecular flexibility index (Phi) is 5.86. The van der Waals surface area contributed by atoms with E-state index in [9.17, 15) is 4.79 Å². The fraction of sp³-hybridized carbons (Fsp3) is 0.667. The van der Waals surface area contributed by atoms with Crippen LogP contribution in [-0.2, 0) is 11.2 Å². The van der Waals surface area contributed by atoms with Gasteiger partial charge in [0.15, 0.2) is 0 Å². The fourth-order valence-corrected chi connectivity index (χ4v) is 3.34. The van der Waals surface area contributed by atoms with Crippen LogP contribution in [0.15, 0.2) is 17.5 Å². The van der Waals surface area contributed by atoms with E-state index in [2.05, 4.69) is 36.7 Å². The summed E-state index contributed by atoms with van der Waals surface area (Å²) in [6.07, 6.45) is 1.97. The molecule has 1 aliphatic heterocycles. The number of urea groups is 1. The van der Waals surface area contributed by atoms with Crippen molar-refractivity contribution in [3.63, 3.8) is 0 Å². The molecule has 2 atom stereocenters. The molecule has 2 rings (SSSR count). The summed E-state index contributed by atoms with van der Waals surface area (Å²) in [7, 11) is 0. The number of amides is 2. The van der Waals surface area contributed by atoms with Crippen LogP contribution < -0.4 is 5.32 Å². The summed E-state index contributed by atoms with van der Waals surface area (Å²) in [5.41, 5.74) is 0. The third kappa shape index (κ3) is 4.21. The molecular formula is C15H24N2O2S.